The summed E-state index contributed by atoms with van der Waals surface area (Å²) in [6.07, 6.45) is 1.74. The quantitative estimate of drug-likeness (QED) is 0.880. The first-order valence-electron chi connectivity index (χ1n) is 6.72. The van der Waals surface area contributed by atoms with E-state index in [9.17, 15) is 0 Å². The van der Waals surface area contributed by atoms with Gasteiger partial charge in [0.1, 0.15) is 12.4 Å². The van der Waals surface area contributed by atoms with Crippen LogP contribution >= 0.6 is 11.6 Å². The maximum atomic E-state index is 6.17. The highest BCUT2D eigenvalue weighted by molar-refractivity contribution is 6.31. The molecule has 0 fully saturated rings. The lowest BCUT2D eigenvalue weighted by Gasteiger charge is -2.09. The molecule has 1 heterocycles. The SMILES string of the molecule is CCNCc1ccc(OCc2ccc(C)cc2Cl)cn1. The molecule has 0 aliphatic carbocycles. The van der Waals surface area contributed by atoms with Crippen LogP contribution in [0.1, 0.15) is 23.7 Å². The third-order valence-corrected chi connectivity index (χ3v) is 3.31. The topological polar surface area (TPSA) is 34.1 Å². The van der Waals surface area contributed by atoms with Gasteiger partial charge in [0, 0.05) is 17.1 Å². The Bertz CT molecular complexity index is 555. The third-order valence-electron chi connectivity index (χ3n) is 2.96. The minimum Gasteiger partial charge on any atom is -0.487 e. The molecule has 3 nitrogen and oxygen atoms in total. The second-order valence-corrected chi connectivity index (χ2v) is 5.06. The summed E-state index contributed by atoms with van der Waals surface area (Å²) in [5.74, 6) is 0.752. The molecule has 0 unspecified atom stereocenters. The molecule has 2 aromatic rings. The van der Waals surface area contributed by atoms with E-state index in [0.29, 0.717) is 6.61 Å². The van der Waals surface area contributed by atoms with E-state index in [1.807, 2.05) is 37.3 Å². The van der Waals surface area contributed by atoms with Crippen LogP contribution in [0.4, 0.5) is 0 Å². The van der Waals surface area contributed by atoms with Gasteiger partial charge in [-0.3, -0.25) is 4.98 Å². The summed E-state index contributed by atoms with van der Waals surface area (Å²) < 4.78 is 5.70. The van der Waals surface area contributed by atoms with Crippen LogP contribution in [-0.2, 0) is 13.2 Å². The molecule has 0 radical (unpaired) electrons. The van der Waals surface area contributed by atoms with Crippen molar-refractivity contribution in [2.75, 3.05) is 6.54 Å². The lowest BCUT2D eigenvalue weighted by molar-refractivity contribution is 0.305. The van der Waals surface area contributed by atoms with Crippen molar-refractivity contribution in [2.45, 2.75) is 27.0 Å². The van der Waals surface area contributed by atoms with Crippen LogP contribution in [0.5, 0.6) is 5.75 Å². The molecule has 4 heteroatoms. The van der Waals surface area contributed by atoms with Crippen LogP contribution in [0.25, 0.3) is 0 Å². The number of aryl methyl sites for hydroxylation is 1. The summed E-state index contributed by atoms with van der Waals surface area (Å²) in [5, 5.41) is 3.97. The number of hydrogen-bond donors (Lipinski definition) is 1. The summed E-state index contributed by atoms with van der Waals surface area (Å²) in [6, 6.07) is 9.86. The van der Waals surface area contributed by atoms with E-state index in [1.54, 1.807) is 6.20 Å². The first-order valence-corrected chi connectivity index (χ1v) is 7.10. The van der Waals surface area contributed by atoms with E-state index in [4.69, 9.17) is 16.3 Å². The zero-order valence-corrected chi connectivity index (χ0v) is 12.6. The van der Waals surface area contributed by atoms with Crippen molar-refractivity contribution in [1.29, 1.82) is 0 Å². The highest BCUT2D eigenvalue weighted by Crippen LogP contribution is 2.20. The Kier molecular flexibility index (Phi) is 5.39. The fraction of sp³-hybridized carbons (Fsp3) is 0.312. The fourth-order valence-electron chi connectivity index (χ4n) is 1.78. The van der Waals surface area contributed by atoms with Crippen molar-refractivity contribution in [3.63, 3.8) is 0 Å². The Balaban J connectivity index is 1.93. The summed E-state index contributed by atoms with van der Waals surface area (Å²) in [5.41, 5.74) is 3.13. The number of hydrogen-bond acceptors (Lipinski definition) is 3. The van der Waals surface area contributed by atoms with E-state index < -0.39 is 0 Å². The Labute approximate surface area is 124 Å². The van der Waals surface area contributed by atoms with Crippen molar-refractivity contribution in [1.82, 2.24) is 10.3 Å². The first-order chi connectivity index (χ1) is 9.69. The number of nitrogens with zero attached hydrogens (tertiary/aromatic N) is 1. The Morgan fingerprint density at radius 2 is 2.10 bits per heavy atom. The van der Waals surface area contributed by atoms with Crippen LogP contribution in [0.2, 0.25) is 5.02 Å². The number of pyridine rings is 1. The molecule has 0 spiro atoms. The molecule has 106 valence electrons. The van der Waals surface area contributed by atoms with Crippen molar-refractivity contribution in [3.8, 4) is 5.75 Å². The van der Waals surface area contributed by atoms with Gasteiger partial charge in [0.15, 0.2) is 0 Å². The number of ether oxygens (including phenoxy) is 1. The predicted octanol–water partition coefficient (Wildman–Crippen LogP) is 3.73. The average molecular weight is 291 g/mol. The van der Waals surface area contributed by atoms with Crippen LogP contribution in [0.15, 0.2) is 36.5 Å². The lowest BCUT2D eigenvalue weighted by Crippen LogP contribution is -2.12. The monoisotopic (exact) mass is 290 g/mol. The molecule has 1 N–H and O–H groups in total. The largest absolute Gasteiger partial charge is 0.487 e. The standard InChI is InChI=1S/C16H19ClN2O/c1-3-18-9-14-6-7-15(10-19-14)20-11-13-5-4-12(2)8-16(13)17/h4-8,10,18H,3,9,11H2,1-2H3. The van der Waals surface area contributed by atoms with E-state index in [0.717, 1.165) is 40.7 Å². The van der Waals surface area contributed by atoms with Gasteiger partial charge < -0.3 is 10.1 Å². The van der Waals surface area contributed by atoms with E-state index in [-0.39, 0.29) is 0 Å². The van der Waals surface area contributed by atoms with Gasteiger partial charge in [0.2, 0.25) is 0 Å². The van der Waals surface area contributed by atoms with Crippen molar-refractivity contribution in [2.24, 2.45) is 0 Å². The molecule has 0 aliphatic rings. The van der Waals surface area contributed by atoms with Gasteiger partial charge in [-0.05, 0) is 37.2 Å². The molecule has 0 amide bonds. The van der Waals surface area contributed by atoms with Crippen molar-refractivity contribution < 1.29 is 4.74 Å². The Hall–Kier alpha value is -1.58. The summed E-state index contributed by atoms with van der Waals surface area (Å²) in [4.78, 5) is 4.34. The number of benzene rings is 1. The number of rotatable bonds is 6. The maximum absolute atomic E-state index is 6.17. The van der Waals surface area contributed by atoms with Gasteiger partial charge in [-0.2, -0.15) is 0 Å². The minimum atomic E-state index is 0.452. The highest BCUT2D eigenvalue weighted by Gasteiger charge is 2.02. The molecular weight excluding hydrogens is 272 g/mol. The van der Waals surface area contributed by atoms with Gasteiger partial charge in [-0.15, -0.1) is 0 Å². The average Bonchev–Trinajstić information content (AvgIpc) is 2.45. The molecule has 1 aromatic carbocycles. The van der Waals surface area contributed by atoms with Crippen LogP contribution in [0, 0.1) is 6.92 Å². The molecule has 1 aromatic heterocycles. The molecule has 0 saturated carbocycles. The summed E-state index contributed by atoms with van der Waals surface area (Å²) in [6.45, 7) is 6.26. The molecule has 0 saturated heterocycles. The van der Waals surface area contributed by atoms with Crippen molar-refractivity contribution >= 4 is 11.6 Å². The zero-order valence-electron chi connectivity index (χ0n) is 11.8. The highest BCUT2D eigenvalue weighted by atomic mass is 35.5. The molecule has 0 bridgehead atoms. The second-order valence-electron chi connectivity index (χ2n) is 4.65. The molecular formula is C16H19ClN2O. The minimum absolute atomic E-state index is 0.452. The van der Waals surface area contributed by atoms with Crippen LogP contribution in [-0.4, -0.2) is 11.5 Å². The number of nitrogens with one attached hydrogen (secondary N) is 1. The molecule has 2 rings (SSSR count). The lowest BCUT2D eigenvalue weighted by atomic mass is 10.2. The van der Waals surface area contributed by atoms with Gasteiger partial charge in [-0.1, -0.05) is 30.7 Å². The predicted molar refractivity (Wildman–Crippen MR) is 82.1 cm³/mol. The van der Waals surface area contributed by atoms with Gasteiger partial charge in [-0.25, -0.2) is 0 Å². The van der Waals surface area contributed by atoms with E-state index >= 15 is 0 Å². The molecule has 0 atom stereocenters. The molecule has 20 heavy (non-hydrogen) atoms. The van der Waals surface area contributed by atoms with Crippen LogP contribution in [0.3, 0.4) is 0 Å². The fourth-order valence-corrected chi connectivity index (χ4v) is 2.07. The Morgan fingerprint density at radius 3 is 2.75 bits per heavy atom. The summed E-state index contributed by atoms with van der Waals surface area (Å²) >= 11 is 6.17. The second kappa shape index (κ2) is 7.27. The number of halogens is 1. The van der Waals surface area contributed by atoms with E-state index in [2.05, 4.69) is 17.2 Å². The normalized spacial score (nSPS) is 10.6. The smallest absolute Gasteiger partial charge is 0.138 e. The maximum Gasteiger partial charge on any atom is 0.138 e. The van der Waals surface area contributed by atoms with Crippen LogP contribution < -0.4 is 10.1 Å². The Morgan fingerprint density at radius 1 is 1.25 bits per heavy atom. The molecule has 0 aliphatic heterocycles. The zero-order chi connectivity index (χ0) is 14.4. The van der Waals surface area contributed by atoms with E-state index in [1.165, 1.54) is 0 Å². The van der Waals surface area contributed by atoms with Crippen molar-refractivity contribution in [3.05, 3.63) is 58.4 Å². The van der Waals surface area contributed by atoms with Gasteiger partial charge in [0.25, 0.3) is 0 Å². The number of aromatic nitrogens is 1. The van der Waals surface area contributed by atoms with Gasteiger partial charge in [0.05, 0.1) is 11.9 Å². The van der Waals surface area contributed by atoms with Gasteiger partial charge >= 0.3 is 0 Å². The summed E-state index contributed by atoms with van der Waals surface area (Å²) in [7, 11) is 0. The first kappa shape index (κ1) is 14.8. The third kappa shape index (κ3) is 4.22.